The Labute approximate surface area is 147 Å². The number of rotatable bonds is 6. The number of hydrogen-bond donors (Lipinski definition) is 4. The first kappa shape index (κ1) is 17.1. The summed E-state index contributed by atoms with van der Waals surface area (Å²) in [6, 6.07) is 6.65. The molecular weight excluding hydrogens is 338 g/mol. The lowest BCUT2D eigenvalue weighted by Crippen LogP contribution is -2.26. The van der Waals surface area contributed by atoms with E-state index in [4.69, 9.17) is 16.9 Å². The number of aromatic nitrogens is 3. The number of hydrogen-bond acceptors (Lipinski definition) is 5. The van der Waals surface area contributed by atoms with Crippen LogP contribution in [0.25, 0.3) is 22.6 Å². The monoisotopic (exact) mass is 355 g/mol. The Hall–Kier alpha value is -3.69. The predicted molar refractivity (Wildman–Crippen MR) is 95.6 cm³/mol. The number of nitrogens with two attached hydrogens (primary N) is 2. The summed E-state index contributed by atoms with van der Waals surface area (Å²) in [5.74, 6) is -0.838. The van der Waals surface area contributed by atoms with Crippen LogP contribution in [0.5, 0.6) is 0 Å². The number of aryl methyl sites for hydroxylation is 1. The van der Waals surface area contributed by atoms with Gasteiger partial charge in [0.05, 0.1) is 33.7 Å². The van der Waals surface area contributed by atoms with Crippen LogP contribution in [0, 0.1) is 15.5 Å². The molecule has 2 heterocycles. The standard InChI is InChI=1S/C16H17N7O3/c1-22-7-9(23(25)26)5-13(22)16-20-11-3-2-8(4-12(11)21-16)10(15(18)19)6-14(17)24/h2-5,7,10H,6H2,1H3,(H2,17,24)(H3,18,19)(H,20,21). The molecule has 1 unspecified atom stereocenters. The van der Waals surface area contributed by atoms with Gasteiger partial charge in [0.1, 0.15) is 0 Å². The van der Waals surface area contributed by atoms with Crippen LogP contribution in [-0.4, -0.2) is 31.2 Å². The second-order valence-corrected chi connectivity index (χ2v) is 5.99. The van der Waals surface area contributed by atoms with Gasteiger partial charge in [-0.25, -0.2) is 4.98 Å². The minimum Gasteiger partial charge on any atom is -0.387 e. The Bertz CT molecular complexity index is 1030. The van der Waals surface area contributed by atoms with Gasteiger partial charge in [-0.15, -0.1) is 0 Å². The van der Waals surface area contributed by atoms with Crippen molar-refractivity contribution in [3.8, 4) is 11.5 Å². The Kier molecular flexibility index (Phi) is 4.16. The molecule has 10 nitrogen and oxygen atoms in total. The Morgan fingerprint density at radius 1 is 1.42 bits per heavy atom. The van der Waals surface area contributed by atoms with Crippen molar-refractivity contribution in [2.45, 2.75) is 12.3 Å². The topological polar surface area (TPSA) is 170 Å². The number of carbonyl (C=O) groups is 1. The molecule has 6 N–H and O–H groups in total. The molecule has 26 heavy (non-hydrogen) atoms. The van der Waals surface area contributed by atoms with Gasteiger partial charge in [-0.05, 0) is 17.7 Å². The molecule has 0 spiro atoms. The van der Waals surface area contributed by atoms with Gasteiger partial charge in [-0.1, -0.05) is 6.07 Å². The van der Waals surface area contributed by atoms with E-state index in [0.29, 0.717) is 28.1 Å². The predicted octanol–water partition coefficient (Wildman–Crippen LogP) is 1.37. The molecule has 0 saturated carbocycles. The zero-order chi connectivity index (χ0) is 19.0. The van der Waals surface area contributed by atoms with Gasteiger partial charge in [-0.3, -0.25) is 20.3 Å². The molecule has 0 radical (unpaired) electrons. The third kappa shape index (κ3) is 3.11. The summed E-state index contributed by atoms with van der Waals surface area (Å²) < 4.78 is 1.61. The number of fused-ring (bicyclic) bond motifs is 1. The summed E-state index contributed by atoms with van der Waals surface area (Å²) in [7, 11) is 1.69. The minimum absolute atomic E-state index is 0.0262. The maximum Gasteiger partial charge on any atom is 0.287 e. The molecule has 3 aromatic rings. The number of nitro groups is 1. The zero-order valence-electron chi connectivity index (χ0n) is 13.9. The number of amidine groups is 1. The summed E-state index contributed by atoms with van der Waals surface area (Å²) in [4.78, 5) is 29.3. The first-order valence-electron chi connectivity index (χ1n) is 7.69. The fraction of sp³-hybridized carbons (Fsp3) is 0.188. The highest BCUT2D eigenvalue weighted by molar-refractivity contribution is 5.91. The number of carbonyl (C=O) groups excluding carboxylic acids is 1. The third-order valence-electron chi connectivity index (χ3n) is 4.13. The summed E-state index contributed by atoms with van der Waals surface area (Å²) in [5.41, 5.74) is 13.3. The molecule has 3 rings (SSSR count). The van der Waals surface area contributed by atoms with Crippen LogP contribution in [0.3, 0.4) is 0 Å². The van der Waals surface area contributed by atoms with Gasteiger partial charge < -0.3 is 21.0 Å². The first-order chi connectivity index (χ1) is 12.3. The molecule has 0 aliphatic carbocycles. The molecule has 2 aromatic heterocycles. The maximum atomic E-state index is 11.2. The van der Waals surface area contributed by atoms with Crippen molar-refractivity contribution < 1.29 is 9.72 Å². The van der Waals surface area contributed by atoms with Crippen molar-refractivity contribution in [3.05, 3.63) is 46.1 Å². The average molecular weight is 355 g/mol. The fourth-order valence-corrected chi connectivity index (χ4v) is 2.86. The molecule has 0 aliphatic heterocycles. The van der Waals surface area contributed by atoms with Crippen LogP contribution in [0.4, 0.5) is 5.69 Å². The molecule has 0 bridgehead atoms. The van der Waals surface area contributed by atoms with E-state index in [9.17, 15) is 14.9 Å². The molecule has 10 heteroatoms. The summed E-state index contributed by atoms with van der Waals surface area (Å²) in [6.07, 6.45) is 1.35. The van der Waals surface area contributed by atoms with Gasteiger partial charge in [0, 0.05) is 25.5 Å². The first-order valence-corrected chi connectivity index (χ1v) is 7.69. The highest BCUT2D eigenvalue weighted by Crippen LogP contribution is 2.28. The van der Waals surface area contributed by atoms with Crippen LogP contribution >= 0.6 is 0 Å². The lowest BCUT2D eigenvalue weighted by Gasteiger charge is -2.13. The van der Waals surface area contributed by atoms with E-state index in [1.807, 2.05) is 0 Å². The normalized spacial score (nSPS) is 12.2. The quantitative estimate of drug-likeness (QED) is 0.226. The number of benzene rings is 1. The minimum atomic E-state index is -0.611. The van der Waals surface area contributed by atoms with Crippen LogP contribution < -0.4 is 11.5 Å². The van der Waals surface area contributed by atoms with Gasteiger partial charge in [0.2, 0.25) is 5.91 Å². The summed E-state index contributed by atoms with van der Waals surface area (Å²) in [6.45, 7) is 0. The van der Waals surface area contributed by atoms with Crippen LogP contribution in [0.1, 0.15) is 17.9 Å². The van der Waals surface area contributed by atoms with Gasteiger partial charge in [0.25, 0.3) is 5.69 Å². The fourth-order valence-electron chi connectivity index (χ4n) is 2.86. The Morgan fingerprint density at radius 2 is 2.15 bits per heavy atom. The van der Waals surface area contributed by atoms with Crippen molar-refractivity contribution in [1.82, 2.24) is 14.5 Å². The molecule has 0 saturated heterocycles. The van der Waals surface area contributed by atoms with Gasteiger partial charge in [-0.2, -0.15) is 0 Å². The molecule has 0 aliphatic rings. The second kappa shape index (κ2) is 6.31. The van der Waals surface area contributed by atoms with E-state index >= 15 is 0 Å². The highest BCUT2D eigenvalue weighted by Gasteiger charge is 2.20. The Morgan fingerprint density at radius 3 is 2.73 bits per heavy atom. The van der Waals surface area contributed by atoms with E-state index < -0.39 is 16.7 Å². The van der Waals surface area contributed by atoms with Gasteiger partial charge >= 0.3 is 0 Å². The van der Waals surface area contributed by atoms with Crippen LogP contribution in [-0.2, 0) is 11.8 Å². The van der Waals surface area contributed by atoms with E-state index in [1.54, 1.807) is 29.8 Å². The lowest BCUT2D eigenvalue weighted by atomic mass is 9.94. The lowest BCUT2D eigenvalue weighted by molar-refractivity contribution is -0.384. The number of primary amides is 1. The van der Waals surface area contributed by atoms with Crippen molar-refractivity contribution in [3.63, 3.8) is 0 Å². The number of aromatic amines is 1. The number of imidazole rings is 1. The van der Waals surface area contributed by atoms with Gasteiger partial charge in [0.15, 0.2) is 5.82 Å². The van der Waals surface area contributed by atoms with Crippen molar-refractivity contribution >= 4 is 28.5 Å². The number of H-pyrrole nitrogens is 1. The van der Waals surface area contributed by atoms with Crippen molar-refractivity contribution in [1.29, 1.82) is 5.41 Å². The van der Waals surface area contributed by atoms with Crippen molar-refractivity contribution in [2.24, 2.45) is 18.5 Å². The highest BCUT2D eigenvalue weighted by atomic mass is 16.6. The average Bonchev–Trinajstić information content (AvgIpc) is 3.14. The third-order valence-corrected chi connectivity index (χ3v) is 4.13. The molecule has 1 atom stereocenters. The summed E-state index contributed by atoms with van der Waals surface area (Å²) >= 11 is 0. The Balaban J connectivity index is 2.03. The molecule has 0 fully saturated rings. The zero-order valence-corrected chi connectivity index (χ0v) is 13.9. The summed E-state index contributed by atoms with van der Waals surface area (Å²) in [5, 5.41) is 18.6. The van der Waals surface area contributed by atoms with E-state index in [2.05, 4.69) is 9.97 Å². The number of amides is 1. The number of nitrogens with one attached hydrogen (secondary N) is 2. The van der Waals surface area contributed by atoms with E-state index in [0.717, 1.165) is 0 Å². The second-order valence-electron chi connectivity index (χ2n) is 5.99. The number of nitrogens with zero attached hydrogens (tertiary/aromatic N) is 3. The molecule has 1 aromatic carbocycles. The largest absolute Gasteiger partial charge is 0.387 e. The smallest absolute Gasteiger partial charge is 0.287 e. The molecule has 134 valence electrons. The SMILES string of the molecule is Cn1cc([N+](=O)[O-])cc1-c1nc2ccc(C(CC(N)=O)C(=N)N)cc2[nH]1. The van der Waals surface area contributed by atoms with E-state index in [-0.39, 0.29) is 17.9 Å². The van der Waals surface area contributed by atoms with E-state index in [1.165, 1.54) is 12.3 Å². The molecular formula is C16H17N7O3. The van der Waals surface area contributed by atoms with Crippen LogP contribution in [0.2, 0.25) is 0 Å². The van der Waals surface area contributed by atoms with Crippen LogP contribution in [0.15, 0.2) is 30.5 Å². The van der Waals surface area contributed by atoms with Crippen molar-refractivity contribution in [2.75, 3.05) is 0 Å². The maximum absolute atomic E-state index is 11.2. The molecule has 1 amide bonds.